The van der Waals surface area contributed by atoms with Crippen LogP contribution >= 0.6 is 0 Å². The predicted molar refractivity (Wildman–Crippen MR) is 148 cm³/mol. The second-order valence-electron chi connectivity index (χ2n) is 13.0. The van der Waals surface area contributed by atoms with Crippen molar-refractivity contribution in [2.24, 2.45) is 28.6 Å². The zero-order valence-electron chi connectivity index (χ0n) is 24.9. The number of rotatable bonds is 11. The molecule has 4 aliphatic carbocycles. The number of Topliss-reactive ketones (excluding diaryl/α,β-unsaturated/α-hetero) is 1. The average molecular weight is 604 g/mol. The van der Waals surface area contributed by atoms with Gasteiger partial charge >= 0.3 is 23.9 Å². The first-order chi connectivity index (χ1) is 20.1. The van der Waals surface area contributed by atoms with E-state index < -0.39 is 78.5 Å². The summed E-state index contributed by atoms with van der Waals surface area (Å²) >= 11 is 0. The maximum atomic E-state index is 13.8. The van der Waals surface area contributed by atoms with Gasteiger partial charge in [-0.2, -0.15) is 0 Å². The molecule has 0 heterocycles. The Morgan fingerprint density at radius 3 is 2.33 bits per heavy atom. The molecule has 12 nitrogen and oxygen atoms in total. The van der Waals surface area contributed by atoms with Crippen LogP contribution in [0.4, 0.5) is 0 Å². The Morgan fingerprint density at radius 1 is 0.977 bits per heavy atom. The minimum Gasteiger partial charge on any atom is -0.481 e. The van der Waals surface area contributed by atoms with Crippen LogP contribution in [-0.2, 0) is 43.0 Å². The van der Waals surface area contributed by atoms with Crippen LogP contribution in [0.2, 0.25) is 0 Å². The maximum Gasteiger partial charge on any atom is 0.326 e. The smallest absolute Gasteiger partial charge is 0.326 e. The molecule has 0 radical (unpaired) electrons. The quantitative estimate of drug-likeness (QED) is 0.294. The van der Waals surface area contributed by atoms with Crippen molar-refractivity contribution in [1.29, 1.82) is 0 Å². The average Bonchev–Trinajstić information content (AvgIpc) is 3.22. The van der Waals surface area contributed by atoms with E-state index in [0.29, 0.717) is 37.5 Å². The molecule has 4 rings (SSSR count). The number of hydrogen-bond donors (Lipinski definition) is 3. The standard InChI is InChI=1S/C31H41NO11/c1-17(33)43-31(24(35)16-42-27(39)7-6-25(36)32-23(28(40)41)15-26(37)38)13-10-22-20-5-4-18-14-19(34)8-11-29(18,2)21(20)9-12-30(22,31)3/h14,20-23H,4-13,15-16H2,1-3H3,(H,32,36)(H,37,38)(H,40,41)/t20-,21-,22-,23-,29+,30+,31+/m1/s1. The lowest BCUT2D eigenvalue weighted by Crippen LogP contribution is -2.59. The minimum absolute atomic E-state index is 0.0607. The molecular weight excluding hydrogens is 562 g/mol. The van der Waals surface area contributed by atoms with Crippen molar-refractivity contribution in [2.45, 2.75) is 103 Å². The van der Waals surface area contributed by atoms with Crippen LogP contribution in [-0.4, -0.2) is 69.8 Å². The van der Waals surface area contributed by atoms with Crippen molar-refractivity contribution >= 4 is 41.4 Å². The molecule has 0 aliphatic heterocycles. The van der Waals surface area contributed by atoms with Gasteiger partial charge in [0.05, 0.1) is 12.8 Å². The predicted octanol–water partition coefficient (Wildman–Crippen LogP) is 2.76. The summed E-state index contributed by atoms with van der Waals surface area (Å²) < 4.78 is 11.1. The molecule has 0 aromatic heterocycles. The molecule has 0 aromatic rings. The number of carbonyl (C=O) groups excluding carboxylic acids is 5. The van der Waals surface area contributed by atoms with Crippen LogP contribution in [0.5, 0.6) is 0 Å². The number of fused-ring (bicyclic) bond motifs is 5. The van der Waals surface area contributed by atoms with Gasteiger partial charge in [0.25, 0.3) is 0 Å². The maximum absolute atomic E-state index is 13.8. The number of ether oxygens (including phenoxy) is 2. The van der Waals surface area contributed by atoms with Crippen LogP contribution in [0.1, 0.15) is 91.4 Å². The van der Waals surface area contributed by atoms with Gasteiger partial charge in [-0.15, -0.1) is 0 Å². The van der Waals surface area contributed by atoms with Gasteiger partial charge in [0.2, 0.25) is 11.7 Å². The van der Waals surface area contributed by atoms with Gasteiger partial charge in [0, 0.05) is 25.2 Å². The summed E-state index contributed by atoms with van der Waals surface area (Å²) in [5, 5.41) is 19.9. The highest BCUT2D eigenvalue weighted by Crippen LogP contribution is 2.68. The Morgan fingerprint density at radius 2 is 1.67 bits per heavy atom. The van der Waals surface area contributed by atoms with Gasteiger partial charge < -0.3 is 25.0 Å². The number of hydrogen-bond acceptors (Lipinski definition) is 9. The molecule has 0 spiro atoms. The highest BCUT2D eigenvalue weighted by Gasteiger charge is 2.68. The minimum atomic E-state index is -1.65. The van der Waals surface area contributed by atoms with Gasteiger partial charge in [0.1, 0.15) is 6.04 Å². The van der Waals surface area contributed by atoms with E-state index in [1.165, 1.54) is 12.5 Å². The van der Waals surface area contributed by atoms with Crippen molar-refractivity contribution in [1.82, 2.24) is 5.32 Å². The summed E-state index contributed by atoms with van der Waals surface area (Å²) in [6, 6.07) is -1.65. The number of aliphatic carboxylic acids is 2. The molecule has 7 atom stereocenters. The van der Waals surface area contributed by atoms with E-state index in [4.69, 9.17) is 19.7 Å². The molecular formula is C31H41NO11. The third-order valence-corrected chi connectivity index (χ3v) is 10.8. The zero-order chi connectivity index (χ0) is 31.7. The normalized spacial score (nSPS) is 33.5. The number of esters is 2. The Hall–Kier alpha value is -3.57. The number of ketones is 2. The van der Waals surface area contributed by atoms with Crippen LogP contribution in [0.15, 0.2) is 11.6 Å². The number of carboxylic acid groups (broad SMARTS) is 2. The Bertz CT molecular complexity index is 1260. The fraction of sp³-hybridized carbons (Fsp3) is 0.710. The van der Waals surface area contributed by atoms with Gasteiger partial charge in [-0.25, -0.2) is 4.79 Å². The molecule has 4 aliphatic rings. The molecule has 3 saturated carbocycles. The molecule has 12 heteroatoms. The van der Waals surface area contributed by atoms with Gasteiger partial charge in [-0.3, -0.25) is 28.8 Å². The number of carboxylic acids is 2. The second kappa shape index (κ2) is 12.2. The van der Waals surface area contributed by atoms with Crippen molar-refractivity contribution in [3.8, 4) is 0 Å². The highest BCUT2D eigenvalue weighted by atomic mass is 16.6. The number of amides is 1. The fourth-order valence-corrected chi connectivity index (χ4v) is 8.68. The lowest BCUT2D eigenvalue weighted by molar-refractivity contribution is -0.191. The molecule has 0 unspecified atom stereocenters. The fourth-order valence-electron chi connectivity index (χ4n) is 8.68. The molecule has 236 valence electrons. The van der Waals surface area contributed by atoms with E-state index in [1.807, 2.05) is 18.3 Å². The lowest BCUT2D eigenvalue weighted by atomic mass is 9.46. The molecule has 1 amide bonds. The van der Waals surface area contributed by atoms with E-state index in [0.717, 1.165) is 25.7 Å². The SMILES string of the molecule is CC(=O)O[C@]1(C(=O)COC(=O)CCC(=O)N[C@H](CC(=O)O)C(=O)O)CC[C@@H]2[C@@H]3CCC4=CC(=O)CC[C@]4(C)[C@@H]3CC[C@@]21C. The third kappa shape index (κ3) is 6.10. The van der Waals surface area contributed by atoms with Crippen LogP contribution < -0.4 is 5.32 Å². The van der Waals surface area contributed by atoms with E-state index in [-0.39, 0.29) is 17.1 Å². The third-order valence-electron chi connectivity index (χ3n) is 10.8. The number of allylic oxidation sites excluding steroid dienone is 1. The first-order valence-corrected chi connectivity index (χ1v) is 15.0. The summed E-state index contributed by atoms with van der Waals surface area (Å²) in [5.41, 5.74) is -0.956. The van der Waals surface area contributed by atoms with Crippen LogP contribution in [0, 0.1) is 28.6 Å². The van der Waals surface area contributed by atoms with E-state index in [2.05, 4.69) is 6.92 Å². The molecule has 3 N–H and O–H groups in total. The first-order valence-electron chi connectivity index (χ1n) is 15.0. The lowest BCUT2D eigenvalue weighted by Gasteiger charge is -2.59. The summed E-state index contributed by atoms with van der Waals surface area (Å²) in [5.74, 6) is -4.80. The van der Waals surface area contributed by atoms with E-state index >= 15 is 0 Å². The van der Waals surface area contributed by atoms with Crippen molar-refractivity contribution in [3.63, 3.8) is 0 Å². The summed E-state index contributed by atoms with van der Waals surface area (Å²) in [6.45, 7) is 4.88. The molecule has 0 bridgehead atoms. The molecule has 43 heavy (non-hydrogen) atoms. The van der Waals surface area contributed by atoms with Gasteiger partial charge in [-0.1, -0.05) is 19.4 Å². The number of carbonyl (C=O) groups is 7. The second-order valence-corrected chi connectivity index (χ2v) is 13.0. The van der Waals surface area contributed by atoms with Crippen molar-refractivity contribution in [3.05, 3.63) is 11.6 Å². The van der Waals surface area contributed by atoms with Gasteiger partial charge in [0.15, 0.2) is 18.0 Å². The summed E-state index contributed by atoms with van der Waals surface area (Å²) in [6.07, 6.45) is 5.65. The molecule has 0 aromatic carbocycles. The molecule has 0 saturated heterocycles. The highest BCUT2D eigenvalue weighted by molar-refractivity contribution is 5.94. The Balaban J connectivity index is 1.42. The first kappa shape index (κ1) is 32.3. The van der Waals surface area contributed by atoms with Crippen LogP contribution in [0.3, 0.4) is 0 Å². The zero-order valence-corrected chi connectivity index (χ0v) is 24.9. The largest absolute Gasteiger partial charge is 0.481 e. The van der Waals surface area contributed by atoms with E-state index in [1.54, 1.807) is 0 Å². The molecule has 3 fully saturated rings. The van der Waals surface area contributed by atoms with E-state index in [9.17, 15) is 33.6 Å². The number of nitrogens with one attached hydrogen (secondary N) is 1. The van der Waals surface area contributed by atoms with Gasteiger partial charge in [-0.05, 0) is 74.2 Å². The van der Waals surface area contributed by atoms with Crippen molar-refractivity contribution in [2.75, 3.05) is 6.61 Å². The Kier molecular flexibility index (Phi) is 9.18. The summed E-state index contributed by atoms with van der Waals surface area (Å²) in [7, 11) is 0. The van der Waals surface area contributed by atoms with Crippen LogP contribution in [0.25, 0.3) is 0 Å². The van der Waals surface area contributed by atoms with Crippen molar-refractivity contribution < 1.29 is 53.2 Å². The topological polar surface area (TPSA) is 190 Å². The summed E-state index contributed by atoms with van der Waals surface area (Å²) in [4.78, 5) is 84.8. The monoisotopic (exact) mass is 603 g/mol. The Labute approximate surface area is 249 Å².